The van der Waals surface area contributed by atoms with Crippen LogP contribution in [0.3, 0.4) is 0 Å². The van der Waals surface area contributed by atoms with Gasteiger partial charge in [-0.3, -0.25) is 0 Å². The average molecular weight is 326 g/mol. The van der Waals surface area contributed by atoms with Gasteiger partial charge in [0.15, 0.2) is 11.6 Å². The van der Waals surface area contributed by atoms with E-state index in [0.29, 0.717) is 5.56 Å². The molecule has 0 aromatic heterocycles. The summed E-state index contributed by atoms with van der Waals surface area (Å²) in [4.78, 5) is 0. The molecule has 0 saturated carbocycles. The topological polar surface area (TPSA) is 12.0 Å². The van der Waals surface area contributed by atoms with Gasteiger partial charge < -0.3 is 5.32 Å². The highest BCUT2D eigenvalue weighted by molar-refractivity contribution is 9.10. The Balaban J connectivity index is 2.51. The van der Waals surface area contributed by atoms with Crippen LogP contribution in [0.25, 0.3) is 0 Å². The summed E-state index contributed by atoms with van der Waals surface area (Å²) in [7, 11) is 1.79. The zero-order valence-corrected chi connectivity index (χ0v) is 12.3. The zero-order valence-electron chi connectivity index (χ0n) is 10.7. The number of rotatable bonds is 3. The van der Waals surface area contributed by atoms with Crippen molar-refractivity contribution in [3.63, 3.8) is 0 Å². The van der Waals surface area contributed by atoms with Crippen LogP contribution in [-0.4, -0.2) is 7.05 Å². The smallest absolute Gasteiger partial charge is 0.173 e. The number of hydrogen-bond donors (Lipinski definition) is 1. The number of nitrogens with one attached hydrogen (secondary N) is 1. The lowest BCUT2D eigenvalue weighted by Gasteiger charge is -2.19. The Labute approximate surface area is 119 Å². The molecular weight excluding hydrogens is 312 g/mol. The van der Waals surface area contributed by atoms with Crippen LogP contribution in [0.15, 0.2) is 40.9 Å². The van der Waals surface area contributed by atoms with Crippen molar-refractivity contribution < 1.29 is 8.78 Å². The van der Waals surface area contributed by atoms with E-state index in [4.69, 9.17) is 0 Å². The van der Waals surface area contributed by atoms with E-state index in [9.17, 15) is 8.78 Å². The monoisotopic (exact) mass is 325 g/mol. The highest BCUT2D eigenvalue weighted by Gasteiger charge is 2.19. The summed E-state index contributed by atoms with van der Waals surface area (Å²) in [5.74, 6) is -1.71. The van der Waals surface area contributed by atoms with E-state index in [1.165, 1.54) is 0 Å². The maximum absolute atomic E-state index is 13.6. The third-order valence-electron chi connectivity index (χ3n) is 3.04. The normalized spacial score (nSPS) is 12.5. The lowest BCUT2D eigenvalue weighted by Crippen LogP contribution is -2.18. The van der Waals surface area contributed by atoms with Crippen LogP contribution in [0.5, 0.6) is 0 Å². The zero-order chi connectivity index (χ0) is 14.0. The molecule has 2 aromatic carbocycles. The van der Waals surface area contributed by atoms with Crippen molar-refractivity contribution in [3.8, 4) is 0 Å². The molecule has 19 heavy (non-hydrogen) atoms. The van der Waals surface area contributed by atoms with Crippen LogP contribution < -0.4 is 5.32 Å². The van der Waals surface area contributed by atoms with Crippen LogP contribution in [0.2, 0.25) is 0 Å². The fourth-order valence-electron chi connectivity index (χ4n) is 2.12. The third kappa shape index (κ3) is 2.85. The van der Waals surface area contributed by atoms with Gasteiger partial charge in [0.25, 0.3) is 0 Å². The van der Waals surface area contributed by atoms with Crippen molar-refractivity contribution in [2.75, 3.05) is 7.05 Å². The van der Waals surface area contributed by atoms with Crippen LogP contribution in [0, 0.1) is 18.6 Å². The second-order valence-corrected chi connectivity index (χ2v) is 5.19. The molecule has 4 heteroatoms. The van der Waals surface area contributed by atoms with Crippen LogP contribution in [-0.2, 0) is 0 Å². The van der Waals surface area contributed by atoms with Crippen molar-refractivity contribution in [2.24, 2.45) is 0 Å². The quantitative estimate of drug-likeness (QED) is 0.827. The lowest BCUT2D eigenvalue weighted by molar-refractivity contribution is 0.499. The van der Waals surface area contributed by atoms with Gasteiger partial charge in [-0.2, -0.15) is 0 Å². The molecule has 1 atom stereocenters. The Kier molecular flexibility index (Phi) is 4.32. The van der Waals surface area contributed by atoms with Crippen LogP contribution in [0.4, 0.5) is 8.78 Å². The van der Waals surface area contributed by atoms with Gasteiger partial charge in [-0.05, 0) is 47.1 Å². The molecule has 0 spiro atoms. The van der Waals surface area contributed by atoms with Crippen LogP contribution >= 0.6 is 15.9 Å². The lowest BCUT2D eigenvalue weighted by atomic mass is 9.97. The Morgan fingerprint density at radius 2 is 1.89 bits per heavy atom. The fourth-order valence-corrected chi connectivity index (χ4v) is 2.67. The molecule has 0 aliphatic carbocycles. The highest BCUT2D eigenvalue weighted by Crippen LogP contribution is 2.31. The minimum absolute atomic E-state index is 0.161. The SMILES string of the molecule is CNC(c1cccc(C)c1)c1ccc(F)c(F)c1Br. The van der Waals surface area contributed by atoms with E-state index < -0.39 is 11.6 Å². The van der Waals surface area contributed by atoms with E-state index in [1.54, 1.807) is 13.1 Å². The van der Waals surface area contributed by atoms with Crippen molar-refractivity contribution in [2.45, 2.75) is 13.0 Å². The molecule has 2 aromatic rings. The molecule has 1 unspecified atom stereocenters. The van der Waals surface area contributed by atoms with Gasteiger partial charge >= 0.3 is 0 Å². The molecule has 0 amide bonds. The predicted molar refractivity (Wildman–Crippen MR) is 76.1 cm³/mol. The van der Waals surface area contributed by atoms with Gasteiger partial charge in [0, 0.05) is 0 Å². The molecule has 0 aliphatic heterocycles. The Morgan fingerprint density at radius 3 is 2.53 bits per heavy atom. The molecule has 0 bridgehead atoms. The minimum Gasteiger partial charge on any atom is -0.309 e. The molecule has 0 heterocycles. The predicted octanol–water partition coefficient (Wildman–Crippen LogP) is 4.34. The molecule has 0 aliphatic rings. The van der Waals surface area contributed by atoms with Crippen molar-refractivity contribution >= 4 is 15.9 Å². The van der Waals surface area contributed by atoms with Crippen molar-refractivity contribution in [1.29, 1.82) is 0 Å². The summed E-state index contributed by atoms with van der Waals surface area (Å²) >= 11 is 3.13. The molecule has 0 saturated heterocycles. The maximum atomic E-state index is 13.6. The first kappa shape index (κ1) is 14.2. The molecule has 0 fully saturated rings. The molecule has 0 radical (unpaired) electrons. The summed E-state index contributed by atoms with van der Waals surface area (Å²) < 4.78 is 27.0. The second kappa shape index (κ2) is 5.80. The van der Waals surface area contributed by atoms with Crippen LogP contribution in [0.1, 0.15) is 22.7 Å². The van der Waals surface area contributed by atoms with Gasteiger partial charge in [0.2, 0.25) is 0 Å². The van der Waals surface area contributed by atoms with Crippen molar-refractivity contribution in [3.05, 3.63) is 69.2 Å². The van der Waals surface area contributed by atoms with Gasteiger partial charge in [0.1, 0.15) is 0 Å². The van der Waals surface area contributed by atoms with E-state index in [-0.39, 0.29) is 10.5 Å². The summed E-state index contributed by atoms with van der Waals surface area (Å²) in [6.45, 7) is 2.00. The van der Waals surface area contributed by atoms with Gasteiger partial charge in [-0.25, -0.2) is 8.78 Å². The van der Waals surface area contributed by atoms with E-state index in [0.717, 1.165) is 17.2 Å². The van der Waals surface area contributed by atoms with E-state index in [1.807, 2.05) is 31.2 Å². The molecule has 2 rings (SSSR count). The minimum atomic E-state index is -0.856. The number of hydrogen-bond acceptors (Lipinski definition) is 1. The molecular formula is C15H14BrF2N. The third-order valence-corrected chi connectivity index (χ3v) is 3.85. The Hall–Kier alpha value is -1.26. The van der Waals surface area contributed by atoms with Gasteiger partial charge in [-0.1, -0.05) is 35.9 Å². The molecule has 1 N–H and O–H groups in total. The first-order chi connectivity index (χ1) is 9.04. The molecule has 1 nitrogen and oxygen atoms in total. The number of halogens is 3. The second-order valence-electron chi connectivity index (χ2n) is 4.40. The van der Waals surface area contributed by atoms with Crippen molar-refractivity contribution in [1.82, 2.24) is 5.32 Å². The Bertz CT molecular complexity index is 599. The van der Waals surface area contributed by atoms with Gasteiger partial charge in [0.05, 0.1) is 10.5 Å². The molecule has 100 valence electrons. The van der Waals surface area contributed by atoms with E-state index in [2.05, 4.69) is 21.2 Å². The summed E-state index contributed by atoms with van der Waals surface area (Å²) in [5.41, 5.74) is 2.80. The first-order valence-electron chi connectivity index (χ1n) is 5.92. The van der Waals surface area contributed by atoms with E-state index >= 15 is 0 Å². The summed E-state index contributed by atoms with van der Waals surface area (Å²) in [5, 5.41) is 3.13. The number of aryl methyl sites for hydroxylation is 1. The average Bonchev–Trinajstić information content (AvgIpc) is 2.40. The standard InChI is InChI=1S/C15H14BrF2N/c1-9-4-3-5-10(8-9)15(19-2)11-6-7-12(17)14(18)13(11)16/h3-8,15,19H,1-2H3. The highest BCUT2D eigenvalue weighted by atomic mass is 79.9. The fraction of sp³-hybridized carbons (Fsp3) is 0.200. The first-order valence-corrected chi connectivity index (χ1v) is 6.71. The Morgan fingerprint density at radius 1 is 1.16 bits per heavy atom. The summed E-state index contributed by atoms with van der Waals surface area (Å²) in [6, 6.07) is 10.5. The number of benzene rings is 2. The summed E-state index contributed by atoms with van der Waals surface area (Å²) in [6.07, 6.45) is 0. The largest absolute Gasteiger partial charge is 0.309 e. The maximum Gasteiger partial charge on any atom is 0.173 e. The van der Waals surface area contributed by atoms with Gasteiger partial charge in [-0.15, -0.1) is 0 Å².